The Morgan fingerprint density at radius 3 is 2.33 bits per heavy atom. The van der Waals surface area contributed by atoms with Crippen LogP contribution in [0.3, 0.4) is 0 Å². The standard InChI is InChI=1S/C17H23N3O3S/c1-12(2)24(22,23)16-7-5-14(6-8-16)9-17(21)19-13(3)15-10-18-20(4)11-15/h5-8,10-13H,9H2,1-4H3,(H,19,21)/t13-/m1/s1. The first-order valence-electron chi connectivity index (χ1n) is 7.81. The number of benzene rings is 1. The number of nitrogens with one attached hydrogen (secondary N) is 1. The van der Waals surface area contributed by atoms with Gasteiger partial charge in [0, 0.05) is 18.8 Å². The number of amides is 1. The van der Waals surface area contributed by atoms with E-state index in [0.717, 1.165) is 11.1 Å². The third kappa shape index (κ3) is 4.23. The molecule has 0 aliphatic heterocycles. The van der Waals surface area contributed by atoms with Crippen molar-refractivity contribution in [1.82, 2.24) is 15.1 Å². The molecule has 0 aliphatic rings. The molecule has 0 spiro atoms. The van der Waals surface area contributed by atoms with Gasteiger partial charge in [-0.25, -0.2) is 8.42 Å². The summed E-state index contributed by atoms with van der Waals surface area (Å²) < 4.78 is 25.9. The molecule has 1 aromatic heterocycles. The summed E-state index contributed by atoms with van der Waals surface area (Å²) in [5.41, 5.74) is 1.71. The van der Waals surface area contributed by atoms with Crippen molar-refractivity contribution in [2.45, 2.75) is 43.4 Å². The van der Waals surface area contributed by atoms with Gasteiger partial charge in [-0.1, -0.05) is 12.1 Å². The number of carbonyl (C=O) groups excluding carboxylic acids is 1. The molecule has 0 unspecified atom stereocenters. The highest BCUT2D eigenvalue weighted by molar-refractivity contribution is 7.92. The van der Waals surface area contributed by atoms with Gasteiger partial charge in [-0.2, -0.15) is 5.10 Å². The number of sulfone groups is 1. The van der Waals surface area contributed by atoms with Gasteiger partial charge in [0.05, 0.1) is 28.8 Å². The number of carbonyl (C=O) groups is 1. The van der Waals surface area contributed by atoms with E-state index >= 15 is 0 Å². The minimum Gasteiger partial charge on any atom is -0.349 e. The summed E-state index contributed by atoms with van der Waals surface area (Å²) in [7, 11) is -1.46. The van der Waals surface area contributed by atoms with Crippen LogP contribution in [0.4, 0.5) is 0 Å². The SMILES string of the molecule is CC(C)S(=O)(=O)c1ccc(CC(=O)N[C@H](C)c2cnn(C)c2)cc1. The van der Waals surface area contributed by atoms with Gasteiger partial charge in [-0.05, 0) is 38.5 Å². The first kappa shape index (κ1) is 18.2. The van der Waals surface area contributed by atoms with E-state index in [0.29, 0.717) is 0 Å². The van der Waals surface area contributed by atoms with E-state index in [1.54, 1.807) is 49.0 Å². The van der Waals surface area contributed by atoms with Gasteiger partial charge in [0.2, 0.25) is 5.91 Å². The third-order valence-electron chi connectivity index (χ3n) is 3.84. The highest BCUT2D eigenvalue weighted by atomic mass is 32.2. The van der Waals surface area contributed by atoms with Crippen LogP contribution in [0.5, 0.6) is 0 Å². The predicted octanol–water partition coefficient (Wildman–Crippen LogP) is 2.02. The molecule has 7 heteroatoms. The molecule has 6 nitrogen and oxygen atoms in total. The van der Waals surface area contributed by atoms with Crippen molar-refractivity contribution < 1.29 is 13.2 Å². The molecular weight excluding hydrogens is 326 g/mol. The van der Waals surface area contributed by atoms with Crippen molar-refractivity contribution in [2.75, 3.05) is 0 Å². The average Bonchev–Trinajstić information content (AvgIpc) is 2.94. The second kappa shape index (κ2) is 7.17. The van der Waals surface area contributed by atoms with Crippen LogP contribution in [0.1, 0.15) is 37.9 Å². The van der Waals surface area contributed by atoms with Crippen LogP contribution in [-0.2, 0) is 28.1 Å². The van der Waals surface area contributed by atoms with E-state index < -0.39 is 15.1 Å². The topological polar surface area (TPSA) is 81.1 Å². The van der Waals surface area contributed by atoms with Crippen LogP contribution in [0.15, 0.2) is 41.6 Å². The zero-order chi connectivity index (χ0) is 17.9. The second-order valence-electron chi connectivity index (χ2n) is 6.15. The van der Waals surface area contributed by atoms with Gasteiger partial charge < -0.3 is 5.32 Å². The van der Waals surface area contributed by atoms with Gasteiger partial charge >= 0.3 is 0 Å². The Kier molecular flexibility index (Phi) is 5.43. The lowest BCUT2D eigenvalue weighted by atomic mass is 10.1. The maximum Gasteiger partial charge on any atom is 0.224 e. The fourth-order valence-corrected chi connectivity index (χ4v) is 3.35. The molecule has 2 aromatic rings. The van der Waals surface area contributed by atoms with Crippen LogP contribution < -0.4 is 5.32 Å². The average molecular weight is 349 g/mol. The smallest absolute Gasteiger partial charge is 0.224 e. The van der Waals surface area contributed by atoms with Crippen LogP contribution in [-0.4, -0.2) is 29.4 Å². The second-order valence-corrected chi connectivity index (χ2v) is 8.66. The summed E-state index contributed by atoms with van der Waals surface area (Å²) in [6, 6.07) is 6.35. The Bertz CT molecular complexity index is 808. The molecule has 0 bridgehead atoms. The fourth-order valence-electron chi connectivity index (χ4n) is 2.29. The maximum atomic E-state index is 12.1. The Balaban J connectivity index is 1.99. The number of hydrogen-bond donors (Lipinski definition) is 1. The number of hydrogen-bond acceptors (Lipinski definition) is 4. The van der Waals surface area contributed by atoms with Crippen LogP contribution in [0.2, 0.25) is 0 Å². The van der Waals surface area contributed by atoms with Gasteiger partial charge in [0.15, 0.2) is 9.84 Å². The molecule has 1 heterocycles. The molecule has 0 radical (unpaired) electrons. The Morgan fingerprint density at radius 1 is 1.21 bits per heavy atom. The number of aromatic nitrogens is 2. The van der Waals surface area contributed by atoms with E-state index in [-0.39, 0.29) is 23.3 Å². The summed E-state index contributed by atoms with van der Waals surface area (Å²) in [4.78, 5) is 12.4. The molecule has 0 fully saturated rings. The molecule has 130 valence electrons. The Hall–Kier alpha value is -2.15. The monoisotopic (exact) mass is 349 g/mol. The minimum atomic E-state index is -3.28. The maximum absolute atomic E-state index is 12.1. The first-order valence-corrected chi connectivity index (χ1v) is 9.35. The molecular formula is C17H23N3O3S. The summed E-state index contributed by atoms with van der Waals surface area (Å²) in [5, 5.41) is 6.53. The zero-order valence-electron chi connectivity index (χ0n) is 14.4. The molecule has 0 saturated heterocycles. The lowest BCUT2D eigenvalue weighted by Gasteiger charge is -2.12. The summed E-state index contributed by atoms with van der Waals surface area (Å²) >= 11 is 0. The van der Waals surface area contributed by atoms with Gasteiger partial charge in [0.25, 0.3) is 0 Å². The van der Waals surface area contributed by atoms with E-state index in [9.17, 15) is 13.2 Å². The van der Waals surface area contributed by atoms with E-state index in [1.807, 2.05) is 20.2 Å². The zero-order valence-corrected chi connectivity index (χ0v) is 15.2. The largest absolute Gasteiger partial charge is 0.349 e. The highest BCUT2D eigenvalue weighted by Crippen LogP contribution is 2.17. The van der Waals surface area contributed by atoms with Gasteiger partial charge in [0.1, 0.15) is 0 Å². The molecule has 1 aromatic carbocycles. The van der Waals surface area contributed by atoms with E-state index in [4.69, 9.17) is 0 Å². The third-order valence-corrected chi connectivity index (χ3v) is 6.01. The van der Waals surface area contributed by atoms with E-state index in [2.05, 4.69) is 10.4 Å². The van der Waals surface area contributed by atoms with Crippen molar-refractivity contribution in [3.05, 3.63) is 47.8 Å². The van der Waals surface area contributed by atoms with Crippen molar-refractivity contribution in [3.63, 3.8) is 0 Å². The van der Waals surface area contributed by atoms with Crippen LogP contribution in [0.25, 0.3) is 0 Å². The van der Waals surface area contributed by atoms with Crippen molar-refractivity contribution in [1.29, 1.82) is 0 Å². The van der Waals surface area contributed by atoms with E-state index in [1.165, 1.54) is 0 Å². The minimum absolute atomic E-state index is 0.120. The molecule has 2 rings (SSSR count). The summed E-state index contributed by atoms with van der Waals surface area (Å²) in [6.07, 6.45) is 3.78. The summed E-state index contributed by atoms with van der Waals surface area (Å²) in [5.74, 6) is -0.120. The fraction of sp³-hybridized carbons (Fsp3) is 0.412. The van der Waals surface area contributed by atoms with Crippen LogP contribution in [0, 0.1) is 0 Å². The van der Waals surface area contributed by atoms with Crippen molar-refractivity contribution in [2.24, 2.45) is 7.05 Å². The van der Waals surface area contributed by atoms with Crippen molar-refractivity contribution >= 4 is 15.7 Å². The number of aryl methyl sites for hydroxylation is 1. The molecule has 24 heavy (non-hydrogen) atoms. The highest BCUT2D eigenvalue weighted by Gasteiger charge is 2.19. The van der Waals surface area contributed by atoms with Gasteiger partial charge in [-0.15, -0.1) is 0 Å². The Labute approximate surface area is 142 Å². The number of nitrogens with zero attached hydrogens (tertiary/aromatic N) is 2. The quantitative estimate of drug-likeness (QED) is 0.865. The number of rotatable bonds is 6. The first-order chi connectivity index (χ1) is 11.2. The predicted molar refractivity (Wildman–Crippen MR) is 92.2 cm³/mol. The van der Waals surface area contributed by atoms with Crippen LogP contribution >= 0.6 is 0 Å². The molecule has 1 amide bonds. The lowest BCUT2D eigenvalue weighted by Crippen LogP contribution is -2.27. The molecule has 0 saturated carbocycles. The normalized spacial score (nSPS) is 13.0. The lowest BCUT2D eigenvalue weighted by molar-refractivity contribution is -0.121. The molecule has 1 atom stereocenters. The Morgan fingerprint density at radius 2 is 1.83 bits per heavy atom. The molecule has 1 N–H and O–H groups in total. The molecule has 0 aliphatic carbocycles. The van der Waals surface area contributed by atoms with Gasteiger partial charge in [-0.3, -0.25) is 9.48 Å². The van der Waals surface area contributed by atoms with Crippen molar-refractivity contribution in [3.8, 4) is 0 Å². The summed E-state index contributed by atoms with van der Waals surface area (Å²) in [6.45, 7) is 5.19.